The number of nitrogens with zero attached hydrogens (tertiary/aromatic N) is 3. The predicted molar refractivity (Wildman–Crippen MR) is 74.8 cm³/mol. The lowest BCUT2D eigenvalue weighted by Gasteiger charge is -2.34. The molecule has 2 rings (SSSR count). The first-order valence-electron chi connectivity index (χ1n) is 7.23. The van der Waals surface area contributed by atoms with Crippen LogP contribution in [0.2, 0.25) is 0 Å². The molecule has 5 nitrogen and oxygen atoms in total. The molecular weight excluding hydrogens is 240 g/mol. The lowest BCUT2D eigenvalue weighted by Crippen LogP contribution is -2.42. The highest BCUT2D eigenvalue weighted by Gasteiger charge is 2.26. The maximum absolute atomic E-state index is 12.6. The van der Waals surface area contributed by atoms with Gasteiger partial charge in [-0.3, -0.25) is 9.48 Å². The Bertz CT molecular complexity index is 409. The highest BCUT2D eigenvalue weighted by atomic mass is 16.2. The minimum Gasteiger partial charge on any atom is -0.334 e. The van der Waals surface area contributed by atoms with Crippen molar-refractivity contribution in [1.29, 1.82) is 0 Å². The van der Waals surface area contributed by atoms with Gasteiger partial charge >= 0.3 is 0 Å². The molecule has 0 bridgehead atoms. The van der Waals surface area contributed by atoms with Crippen LogP contribution in [0.1, 0.15) is 49.0 Å². The van der Waals surface area contributed by atoms with E-state index in [4.69, 9.17) is 5.73 Å². The average molecular weight is 264 g/mol. The minimum atomic E-state index is 0.0564. The molecule has 0 spiro atoms. The summed E-state index contributed by atoms with van der Waals surface area (Å²) in [5, 5.41) is 4.23. The smallest absolute Gasteiger partial charge is 0.274 e. The third-order valence-electron chi connectivity index (χ3n) is 3.81. The van der Waals surface area contributed by atoms with E-state index >= 15 is 0 Å². The number of nitrogens with two attached hydrogens (primary N) is 1. The summed E-state index contributed by atoms with van der Waals surface area (Å²) in [6, 6.07) is 2.16. The number of aryl methyl sites for hydroxylation is 1. The Hall–Kier alpha value is -1.36. The third kappa shape index (κ3) is 3.56. The molecule has 0 aliphatic heterocycles. The van der Waals surface area contributed by atoms with Crippen molar-refractivity contribution in [2.75, 3.05) is 13.1 Å². The second-order valence-electron chi connectivity index (χ2n) is 5.31. The molecule has 2 N–H and O–H groups in total. The largest absolute Gasteiger partial charge is 0.334 e. The van der Waals surface area contributed by atoms with Gasteiger partial charge in [-0.15, -0.1) is 0 Å². The fourth-order valence-corrected chi connectivity index (χ4v) is 2.78. The van der Waals surface area contributed by atoms with Gasteiger partial charge in [-0.05, 0) is 31.9 Å². The van der Waals surface area contributed by atoms with Crippen LogP contribution in [0.4, 0.5) is 0 Å². The number of carbonyl (C=O) groups excluding carboxylic acids is 1. The molecule has 0 saturated heterocycles. The van der Waals surface area contributed by atoms with Crippen LogP contribution in [0.5, 0.6) is 0 Å². The van der Waals surface area contributed by atoms with E-state index in [9.17, 15) is 4.79 Å². The molecule has 1 aliphatic rings. The Morgan fingerprint density at radius 3 is 2.79 bits per heavy atom. The Labute approximate surface area is 114 Å². The third-order valence-corrected chi connectivity index (χ3v) is 3.81. The molecule has 1 aromatic heterocycles. The van der Waals surface area contributed by atoms with Gasteiger partial charge in [0.2, 0.25) is 0 Å². The quantitative estimate of drug-likeness (QED) is 0.877. The zero-order valence-electron chi connectivity index (χ0n) is 11.7. The maximum Gasteiger partial charge on any atom is 0.274 e. The predicted octanol–water partition coefficient (Wildman–Crippen LogP) is 1.54. The van der Waals surface area contributed by atoms with Gasteiger partial charge in [0.1, 0.15) is 5.69 Å². The van der Waals surface area contributed by atoms with Gasteiger partial charge in [-0.25, -0.2) is 0 Å². The van der Waals surface area contributed by atoms with Gasteiger partial charge in [-0.2, -0.15) is 5.10 Å². The van der Waals surface area contributed by atoms with Crippen LogP contribution in [0.25, 0.3) is 0 Å². The van der Waals surface area contributed by atoms with Gasteiger partial charge in [0, 0.05) is 25.8 Å². The Morgan fingerprint density at radius 2 is 2.21 bits per heavy atom. The van der Waals surface area contributed by atoms with E-state index < -0.39 is 0 Å². The monoisotopic (exact) mass is 264 g/mol. The molecule has 0 unspecified atom stereocenters. The summed E-state index contributed by atoms with van der Waals surface area (Å²) in [4.78, 5) is 14.6. The number of carbonyl (C=O) groups is 1. The van der Waals surface area contributed by atoms with E-state index in [0.717, 1.165) is 25.8 Å². The number of hydrogen-bond acceptors (Lipinski definition) is 3. The lowest BCUT2D eigenvalue weighted by atomic mass is 9.94. The number of aromatic nitrogens is 2. The summed E-state index contributed by atoms with van der Waals surface area (Å²) < 4.78 is 1.68. The minimum absolute atomic E-state index is 0.0564. The van der Waals surface area contributed by atoms with E-state index in [2.05, 4.69) is 5.10 Å². The Kier molecular flexibility index (Phi) is 4.96. The second kappa shape index (κ2) is 6.70. The molecule has 1 aromatic rings. The number of amides is 1. The van der Waals surface area contributed by atoms with Gasteiger partial charge in [-0.1, -0.05) is 19.3 Å². The van der Waals surface area contributed by atoms with Crippen molar-refractivity contribution in [2.45, 2.75) is 44.6 Å². The van der Waals surface area contributed by atoms with Crippen LogP contribution >= 0.6 is 0 Å². The molecule has 1 amide bonds. The maximum atomic E-state index is 12.6. The van der Waals surface area contributed by atoms with Crippen LogP contribution in [0, 0.1) is 0 Å². The van der Waals surface area contributed by atoms with Crippen molar-refractivity contribution in [3.8, 4) is 0 Å². The topological polar surface area (TPSA) is 64.2 Å². The highest BCUT2D eigenvalue weighted by Crippen LogP contribution is 2.24. The molecular formula is C14H24N4O. The number of hydrogen-bond donors (Lipinski definition) is 1. The number of rotatable bonds is 5. The summed E-state index contributed by atoms with van der Waals surface area (Å²) in [7, 11) is 1.83. The van der Waals surface area contributed by atoms with E-state index in [1.54, 1.807) is 10.7 Å². The first-order valence-corrected chi connectivity index (χ1v) is 7.23. The fourth-order valence-electron chi connectivity index (χ4n) is 2.78. The van der Waals surface area contributed by atoms with Crippen LogP contribution in [-0.2, 0) is 7.05 Å². The Morgan fingerprint density at radius 1 is 1.47 bits per heavy atom. The van der Waals surface area contributed by atoms with Crippen molar-refractivity contribution < 1.29 is 4.79 Å². The van der Waals surface area contributed by atoms with Crippen molar-refractivity contribution in [3.05, 3.63) is 18.0 Å². The molecule has 106 valence electrons. The molecule has 19 heavy (non-hydrogen) atoms. The van der Waals surface area contributed by atoms with E-state index in [1.165, 1.54) is 19.3 Å². The zero-order valence-corrected chi connectivity index (χ0v) is 11.7. The molecule has 1 heterocycles. The summed E-state index contributed by atoms with van der Waals surface area (Å²) >= 11 is 0. The van der Waals surface area contributed by atoms with Crippen molar-refractivity contribution >= 4 is 5.91 Å². The first-order chi connectivity index (χ1) is 9.22. The van der Waals surface area contributed by atoms with Gasteiger partial charge < -0.3 is 10.6 Å². The SMILES string of the molecule is Cn1ccc(C(=O)N(CCCN)C2CCCCC2)n1. The normalized spacial score (nSPS) is 16.5. The Balaban J connectivity index is 2.09. The lowest BCUT2D eigenvalue weighted by molar-refractivity contribution is 0.0626. The van der Waals surface area contributed by atoms with Gasteiger partial charge in [0.25, 0.3) is 5.91 Å². The second-order valence-corrected chi connectivity index (χ2v) is 5.31. The molecule has 0 aromatic carbocycles. The van der Waals surface area contributed by atoms with E-state index in [-0.39, 0.29) is 5.91 Å². The first kappa shape index (κ1) is 14.1. The molecule has 0 radical (unpaired) electrons. The van der Waals surface area contributed by atoms with Crippen molar-refractivity contribution in [2.24, 2.45) is 12.8 Å². The van der Waals surface area contributed by atoms with E-state index in [0.29, 0.717) is 18.3 Å². The van der Waals surface area contributed by atoms with Crippen molar-refractivity contribution in [1.82, 2.24) is 14.7 Å². The van der Waals surface area contributed by atoms with Crippen LogP contribution in [0.15, 0.2) is 12.3 Å². The average Bonchev–Trinajstić information content (AvgIpc) is 2.87. The summed E-state index contributed by atoms with van der Waals surface area (Å²) in [6.07, 6.45) is 8.63. The molecule has 1 fully saturated rings. The van der Waals surface area contributed by atoms with Crippen LogP contribution in [-0.4, -0.2) is 39.7 Å². The standard InChI is InChI=1S/C14H24N4O/c1-17-11-8-13(16-17)14(19)18(10-5-9-15)12-6-3-2-4-7-12/h8,11-12H,2-7,9-10,15H2,1H3. The molecule has 5 heteroatoms. The molecule has 1 saturated carbocycles. The van der Waals surface area contributed by atoms with Crippen LogP contribution in [0.3, 0.4) is 0 Å². The molecule has 0 atom stereocenters. The van der Waals surface area contributed by atoms with Crippen molar-refractivity contribution in [3.63, 3.8) is 0 Å². The van der Waals surface area contributed by atoms with Crippen LogP contribution < -0.4 is 5.73 Å². The highest BCUT2D eigenvalue weighted by molar-refractivity contribution is 5.92. The van der Waals surface area contributed by atoms with E-state index in [1.807, 2.05) is 18.1 Å². The summed E-state index contributed by atoms with van der Waals surface area (Å²) in [5.74, 6) is 0.0564. The summed E-state index contributed by atoms with van der Waals surface area (Å²) in [5.41, 5.74) is 6.14. The zero-order chi connectivity index (χ0) is 13.7. The van der Waals surface area contributed by atoms with Gasteiger partial charge in [0.15, 0.2) is 0 Å². The fraction of sp³-hybridized carbons (Fsp3) is 0.714. The van der Waals surface area contributed by atoms with Gasteiger partial charge in [0.05, 0.1) is 0 Å². The molecule has 1 aliphatic carbocycles. The summed E-state index contributed by atoms with van der Waals surface area (Å²) in [6.45, 7) is 1.37.